The van der Waals surface area contributed by atoms with Crippen molar-refractivity contribution in [2.24, 2.45) is 0 Å². The number of benzene rings is 2. The van der Waals surface area contributed by atoms with Gasteiger partial charge in [0.15, 0.2) is 0 Å². The summed E-state index contributed by atoms with van der Waals surface area (Å²) in [6.07, 6.45) is 8.33. The van der Waals surface area contributed by atoms with E-state index in [1.54, 1.807) is 54.5 Å². The third-order valence-corrected chi connectivity index (χ3v) is 4.93. The average Bonchev–Trinajstić information content (AvgIpc) is 3.57. The van der Waals surface area contributed by atoms with E-state index in [-0.39, 0.29) is 12.4 Å². The predicted molar refractivity (Wildman–Crippen MR) is 126 cm³/mol. The number of oxazole rings is 1. The molecule has 11 heteroatoms. The highest BCUT2D eigenvalue weighted by molar-refractivity contribution is 5.66. The van der Waals surface area contributed by atoms with E-state index in [1.807, 2.05) is 12.1 Å². The van der Waals surface area contributed by atoms with E-state index in [9.17, 15) is 8.78 Å². The molecule has 0 radical (unpaired) electrons. The van der Waals surface area contributed by atoms with E-state index < -0.39 is 6.61 Å². The van der Waals surface area contributed by atoms with Gasteiger partial charge in [0, 0.05) is 23.9 Å². The van der Waals surface area contributed by atoms with Crippen LogP contribution in [0, 0.1) is 0 Å². The summed E-state index contributed by atoms with van der Waals surface area (Å²) in [5.41, 5.74) is 2.28. The summed E-state index contributed by atoms with van der Waals surface area (Å²) >= 11 is 0. The fraction of sp³-hybridized carbons (Fsp3) is 0.240. The molecule has 0 amide bonds. The maximum absolute atomic E-state index is 12.2. The van der Waals surface area contributed by atoms with Gasteiger partial charge >= 0.3 is 6.61 Å². The number of hydrogen-bond donors (Lipinski definition) is 0. The van der Waals surface area contributed by atoms with Crippen molar-refractivity contribution in [1.29, 1.82) is 0 Å². The third-order valence-electron chi connectivity index (χ3n) is 4.93. The Balaban J connectivity index is 1.26. The van der Waals surface area contributed by atoms with Crippen LogP contribution in [0.5, 0.6) is 17.2 Å². The second kappa shape index (κ2) is 12.5. The first-order chi connectivity index (χ1) is 17.6. The highest BCUT2D eigenvalue weighted by atomic mass is 19.3. The van der Waals surface area contributed by atoms with Gasteiger partial charge in [-0.05, 0) is 35.9 Å². The van der Waals surface area contributed by atoms with E-state index in [4.69, 9.17) is 18.6 Å². The lowest BCUT2D eigenvalue weighted by Crippen LogP contribution is -2.07. The maximum atomic E-state index is 12.2. The number of ether oxygens (including phenoxy) is 4. The molecule has 0 atom stereocenters. The standard InChI is InChI=1S/C25H24F2N4O5/c1-32-23-14-22(8-5-19(23)15-33-13-12-31-11-10-28-30-31)34-16-20-17-35-24(29-20)9-4-18-2-6-21(7-3-18)36-25(26)27/h2-11,14,17,25H,12-13,15-16H2,1H3. The van der Waals surface area contributed by atoms with Crippen molar-refractivity contribution >= 4 is 12.2 Å². The Labute approximate surface area is 205 Å². The number of hydrogen-bond acceptors (Lipinski definition) is 8. The number of halogens is 2. The van der Waals surface area contributed by atoms with Gasteiger partial charge in [0.05, 0.1) is 33.1 Å². The van der Waals surface area contributed by atoms with Gasteiger partial charge < -0.3 is 23.4 Å². The summed E-state index contributed by atoms with van der Waals surface area (Å²) in [5, 5.41) is 7.65. The second-order valence-corrected chi connectivity index (χ2v) is 7.44. The molecule has 4 rings (SSSR count). The highest BCUT2D eigenvalue weighted by Crippen LogP contribution is 2.26. The number of rotatable bonds is 13. The van der Waals surface area contributed by atoms with Crippen LogP contribution in [-0.4, -0.2) is 40.3 Å². The lowest BCUT2D eigenvalue weighted by molar-refractivity contribution is -0.0498. The van der Waals surface area contributed by atoms with Crippen LogP contribution >= 0.6 is 0 Å². The Bertz CT molecular complexity index is 1240. The minimum absolute atomic E-state index is 0.0954. The molecule has 0 aliphatic carbocycles. The summed E-state index contributed by atoms with van der Waals surface area (Å²) in [4.78, 5) is 4.36. The number of methoxy groups -OCH3 is 1. The molecular weight excluding hydrogens is 474 g/mol. The maximum Gasteiger partial charge on any atom is 0.387 e. The Kier molecular flexibility index (Phi) is 8.60. The molecule has 0 N–H and O–H groups in total. The molecule has 0 aliphatic heterocycles. The first-order valence-electron chi connectivity index (χ1n) is 11.0. The van der Waals surface area contributed by atoms with Crippen molar-refractivity contribution in [3.05, 3.63) is 83.8 Å². The van der Waals surface area contributed by atoms with Crippen molar-refractivity contribution in [2.75, 3.05) is 13.7 Å². The van der Waals surface area contributed by atoms with Crippen LogP contribution < -0.4 is 14.2 Å². The molecular formula is C25H24F2N4O5. The zero-order valence-corrected chi connectivity index (χ0v) is 19.4. The van der Waals surface area contributed by atoms with Crippen LogP contribution in [0.1, 0.15) is 22.7 Å². The average molecular weight is 498 g/mol. The van der Waals surface area contributed by atoms with E-state index >= 15 is 0 Å². The monoisotopic (exact) mass is 498 g/mol. The Morgan fingerprint density at radius 2 is 1.89 bits per heavy atom. The molecule has 4 aromatic rings. The molecule has 2 heterocycles. The van der Waals surface area contributed by atoms with Crippen molar-refractivity contribution < 1.29 is 32.1 Å². The largest absolute Gasteiger partial charge is 0.496 e. The lowest BCUT2D eigenvalue weighted by atomic mass is 10.2. The van der Waals surface area contributed by atoms with E-state index in [1.165, 1.54) is 18.4 Å². The molecule has 0 saturated carbocycles. The Morgan fingerprint density at radius 3 is 2.64 bits per heavy atom. The molecule has 0 aliphatic rings. The Morgan fingerprint density at radius 1 is 1.06 bits per heavy atom. The van der Waals surface area contributed by atoms with Crippen LogP contribution in [0.3, 0.4) is 0 Å². The van der Waals surface area contributed by atoms with Gasteiger partial charge in [0.2, 0.25) is 5.89 Å². The SMILES string of the molecule is COc1cc(OCc2coc(C=Cc3ccc(OC(F)F)cc3)n2)ccc1COCCn1ccnn1. The molecule has 0 fully saturated rings. The molecule has 0 saturated heterocycles. The fourth-order valence-corrected chi connectivity index (χ4v) is 3.18. The van der Waals surface area contributed by atoms with Crippen LogP contribution in [0.25, 0.3) is 12.2 Å². The van der Waals surface area contributed by atoms with Crippen LogP contribution in [0.2, 0.25) is 0 Å². The van der Waals surface area contributed by atoms with Gasteiger partial charge in [0.25, 0.3) is 0 Å². The van der Waals surface area contributed by atoms with Crippen molar-refractivity contribution in [2.45, 2.75) is 26.4 Å². The molecule has 36 heavy (non-hydrogen) atoms. The molecule has 2 aromatic heterocycles. The summed E-state index contributed by atoms with van der Waals surface area (Å²) in [6, 6.07) is 11.7. The van der Waals surface area contributed by atoms with Gasteiger partial charge in [-0.1, -0.05) is 17.3 Å². The zero-order chi connectivity index (χ0) is 25.2. The van der Waals surface area contributed by atoms with Gasteiger partial charge in [-0.2, -0.15) is 8.78 Å². The van der Waals surface area contributed by atoms with Crippen LogP contribution in [-0.2, 0) is 24.5 Å². The zero-order valence-electron chi connectivity index (χ0n) is 19.4. The number of alkyl halides is 2. The summed E-state index contributed by atoms with van der Waals surface area (Å²) in [7, 11) is 1.59. The summed E-state index contributed by atoms with van der Waals surface area (Å²) < 4.78 is 52.9. The Hall–Kier alpha value is -4.25. The molecule has 0 bridgehead atoms. The summed E-state index contributed by atoms with van der Waals surface area (Å²) in [6.45, 7) is -1.16. The van der Waals surface area contributed by atoms with Crippen molar-refractivity contribution in [1.82, 2.24) is 20.0 Å². The predicted octanol–water partition coefficient (Wildman–Crippen LogP) is 4.84. The lowest BCUT2D eigenvalue weighted by Gasteiger charge is -2.12. The van der Waals surface area contributed by atoms with Gasteiger partial charge in [-0.25, -0.2) is 4.98 Å². The normalized spacial score (nSPS) is 11.3. The first kappa shape index (κ1) is 24.9. The molecule has 188 valence electrons. The smallest absolute Gasteiger partial charge is 0.387 e. The topological polar surface area (TPSA) is 93.7 Å². The fourth-order valence-electron chi connectivity index (χ4n) is 3.18. The first-order valence-corrected chi connectivity index (χ1v) is 11.0. The summed E-state index contributed by atoms with van der Waals surface area (Å²) in [5.74, 6) is 1.75. The molecule has 9 nitrogen and oxygen atoms in total. The molecule has 0 spiro atoms. The van der Waals surface area contributed by atoms with Crippen LogP contribution in [0.15, 0.2) is 65.5 Å². The van der Waals surface area contributed by atoms with Crippen LogP contribution in [0.4, 0.5) is 8.78 Å². The number of nitrogens with zero attached hydrogens (tertiary/aromatic N) is 4. The third kappa shape index (κ3) is 7.37. The van der Waals surface area contributed by atoms with E-state index in [0.717, 1.165) is 11.1 Å². The van der Waals surface area contributed by atoms with Crippen molar-refractivity contribution in [3.8, 4) is 17.2 Å². The molecule has 0 unspecified atom stereocenters. The van der Waals surface area contributed by atoms with Crippen molar-refractivity contribution in [3.63, 3.8) is 0 Å². The minimum atomic E-state index is -2.85. The molecule has 2 aromatic carbocycles. The van der Waals surface area contributed by atoms with Gasteiger partial charge in [0.1, 0.15) is 35.8 Å². The van der Waals surface area contributed by atoms with Gasteiger partial charge in [-0.3, -0.25) is 4.68 Å². The number of aromatic nitrogens is 4. The minimum Gasteiger partial charge on any atom is -0.496 e. The second-order valence-electron chi connectivity index (χ2n) is 7.44. The van der Waals surface area contributed by atoms with Gasteiger partial charge in [-0.15, -0.1) is 5.10 Å². The highest BCUT2D eigenvalue weighted by Gasteiger charge is 2.08. The quantitative estimate of drug-likeness (QED) is 0.242. The van der Waals surface area contributed by atoms with E-state index in [2.05, 4.69) is 20.0 Å². The van der Waals surface area contributed by atoms with E-state index in [0.29, 0.717) is 42.8 Å².